The van der Waals surface area contributed by atoms with E-state index in [-0.39, 0.29) is 5.91 Å². The number of amides is 1. The highest BCUT2D eigenvalue weighted by atomic mass is 16.1. The van der Waals surface area contributed by atoms with Crippen LogP contribution in [0, 0.1) is 0 Å². The number of carbonyl (C=O) groups is 1. The van der Waals surface area contributed by atoms with Gasteiger partial charge in [-0.1, -0.05) is 105 Å². The summed E-state index contributed by atoms with van der Waals surface area (Å²) in [6, 6.07) is 0. The molecule has 3 nitrogen and oxygen atoms in total. The lowest BCUT2D eigenvalue weighted by Gasteiger charge is -2.39. The van der Waals surface area contributed by atoms with Crippen LogP contribution in [-0.2, 0) is 4.79 Å². The summed E-state index contributed by atoms with van der Waals surface area (Å²) in [5.74, 6) is 0.276. The lowest BCUT2D eigenvalue weighted by molar-refractivity contribution is -0.928. The predicted molar refractivity (Wildman–Crippen MR) is 134 cm³/mol. The summed E-state index contributed by atoms with van der Waals surface area (Å²) in [7, 11) is 0. The van der Waals surface area contributed by atoms with Crippen molar-refractivity contribution in [3.63, 3.8) is 0 Å². The molecule has 0 saturated carbocycles. The highest BCUT2D eigenvalue weighted by Crippen LogP contribution is 2.16. The van der Waals surface area contributed by atoms with E-state index in [0.717, 1.165) is 19.5 Å². The number of unbranched alkanes of at least 4 members (excludes halogenated alkanes) is 12. The SMILES string of the molecule is CCCCCCCCCCCCNC(=O)CC[N+](CCCC)(CCCC)CCCC. The van der Waals surface area contributed by atoms with E-state index in [1.807, 2.05) is 0 Å². The van der Waals surface area contributed by atoms with Gasteiger partial charge in [0.1, 0.15) is 0 Å². The molecule has 3 heteroatoms. The molecule has 0 radical (unpaired) electrons. The summed E-state index contributed by atoms with van der Waals surface area (Å²) >= 11 is 0. The van der Waals surface area contributed by atoms with Gasteiger partial charge in [0.25, 0.3) is 0 Å². The monoisotopic (exact) mass is 425 g/mol. The number of hydrogen-bond acceptors (Lipinski definition) is 1. The fourth-order valence-electron chi connectivity index (χ4n) is 4.42. The minimum Gasteiger partial charge on any atom is -0.356 e. The van der Waals surface area contributed by atoms with Gasteiger partial charge < -0.3 is 9.80 Å². The summed E-state index contributed by atoms with van der Waals surface area (Å²) in [6.07, 6.45) is 21.8. The average Bonchev–Trinajstić information content (AvgIpc) is 2.76. The Morgan fingerprint density at radius 1 is 0.533 bits per heavy atom. The van der Waals surface area contributed by atoms with E-state index < -0.39 is 0 Å². The molecule has 0 heterocycles. The van der Waals surface area contributed by atoms with Crippen molar-refractivity contribution in [1.29, 1.82) is 0 Å². The Morgan fingerprint density at radius 2 is 0.933 bits per heavy atom. The van der Waals surface area contributed by atoms with Crippen LogP contribution in [0.5, 0.6) is 0 Å². The number of hydrogen-bond donors (Lipinski definition) is 1. The zero-order valence-corrected chi connectivity index (χ0v) is 21.4. The third-order valence-electron chi connectivity index (χ3n) is 6.62. The highest BCUT2D eigenvalue weighted by molar-refractivity contribution is 5.75. The Kier molecular flexibility index (Phi) is 21.2. The summed E-state index contributed by atoms with van der Waals surface area (Å²) in [5, 5.41) is 3.20. The summed E-state index contributed by atoms with van der Waals surface area (Å²) < 4.78 is 1.17. The molecule has 0 aromatic carbocycles. The van der Waals surface area contributed by atoms with Gasteiger partial charge in [-0.2, -0.15) is 0 Å². The topological polar surface area (TPSA) is 29.1 Å². The number of carbonyl (C=O) groups excluding carboxylic acids is 1. The Bertz CT molecular complexity index is 348. The quantitative estimate of drug-likeness (QED) is 0.132. The molecule has 0 fully saturated rings. The zero-order valence-electron chi connectivity index (χ0n) is 21.4. The molecule has 0 aliphatic rings. The van der Waals surface area contributed by atoms with Gasteiger partial charge in [-0.15, -0.1) is 0 Å². The van der Waals surface area contributed by atoms with E-state index in [1.165, 1.54) is 120 Å². The number of quaternary nitrogens is 1. The highest BCUT2D eigenvalue weighted by Gasteiger charge is 2.26. The first kappa shape index (κ1) is 29.4. The van der Waals surface area contributed by atoms with E-state index in [0.29, 0.717) is 6.42 Å². The van der Waals surface area contributed by atoms with Gasteiger partial charge in [-0.05, 0) is 25.7 Å². The van der Waals surface area contributed by atoms with Gasteiger partial charge in [0.2, 0.25) is 5.91 Å². The Morgan fingerprint density at radius 3 is 1.37 bits per heavy atom. The molecule has 1 N–H and O–H groups in total. The molecule has 0 aromatic heterocycles. The third kappa shape index (κ3) is 17.1. The second-order valence-corrected chi connectivity index (χ2v) is 9.58. The van der Waals surface area contributed by atoms with Crippen LogP contribution in [0.15, 0.2) is 0 Å². The van der Waals surface area contributed by atoms with Crippen LogP contribution in [0.1, 0.15) is 137 Å². The smallest absolute Gasteiger partial charge is 0.225 e. The van der Waals surface area contributed by atoms with Crippen molar-refractivity contribution in [3.8, 4) is 0 Å². The van der Waals surface area contributed by atoms with E-state index in [2.05, 4.69) is 33.0 Å². The van der Waals surface area contributed by atoms with Crippen LogP contribution in [0.2, 0.25) is 0 Å². The minimum absolute atomic E-state index is 0.276. The normalized spacial score (nSPS) is 11.7. The number of rotatable bonds is 23. The molecule has 0 unspecified atom stereocenters. The molecule has 180 valence electrons. The molecular formula is C27H57N2O+. The minimum atomic E-state index is 0.276. The summed E-state index contributed by atoms with van der Waals surface area (Å²) in [6.45, 7) is 14.8. The lowest BCUT2D eigenvalue weighted by atomic mass is 10.1. The predicted octanol–water partition coefficient (Wildman–Crippen LogP) is 7.63. The van der Waals surface area contributed by atoms with Crippen LogP contribution in [0.3, 0.4) is 0 Å². The molecule has 0 atom stereocenters. The summed E-state index contributed by atoms with van der Waals surface area (Å²) in [4.78, 5) is 12.5. The first-order valence-corrected chi connectivity index (χ1v) is 13.8. The Labute approximate surface area is 190 Å². The standard InChI is InChI=1S/C27H56N2O/c1-5-9-13-14-15-16-17-18-19-20-22-28-27(30)21-26-29(23-10-6-2,24-11-7-3)25-12-8-4/h5-26H2,1-4H3/p+1. The molecule has 30 heavy (non-hydrogen) atoms. The number of nitrogens with zero attached hydrogens (tertiary/aromatic N) is 1. The van der Waals surface area contributed by atoms with Crippen LogP contribution >= 0.6 is 0 Å². The van der Waals surface area contributed by atoms with Gasteiger partial charge in [0, 0.05) is 6.54 Å². The van der Waals surface area contributed by atoms with Gasteiger partial charge in [0.05, 0.1) is 32.6 Å². The van der Waals surface area contributed by atoms with Crippen molar-refractivity contribution >= 4 is 5.91 Å². The zero-order chi connectivity index (χ0) is 22.3. The molecule has 0 bridgehead atoms. The number of nitrogens with one attached hydrogen (secondary N) is 1. The molecule has 0 spiro atoms. The average molecular weight is 426 g/mol. The maximum atomic E-state index is 12.5. The van der Waals surface area contributed by atoms with E-state index in [9.17, 15) is 4.79 Å². The maximum Gasteiger partial charge on any atom is 0.225 e. The maximum absolute atomic E-state index is 12.5. The van der Waals surface area contributed by atoms with Crippen molar-refractivity contribution in [2.75, 3.05) is 32.7 Å². The second-order valence-electron chi connectivity index (χ2n) is 9.58. The molecule has 0 aromatic rings. The molecular weight excluding hydrogens is 368 g/mol. The largest absolute Gasteiger partial charge is 0.356 e. The van der Waals surface area contributed by atoms with Crippen molar-refractivity contribution < 1.29 is 9.28 Å². The van der Waals surface area contributed by atoms with Gasteiger partial charge in [-0.3, -0.25) is 4.79 Å². The van der Waals surface area contributed by atoms with Gasteiger partial charge >= 0.3 is 0 Å². The van der Waals surface area contributed by atoms with Crippen molar-refractivity contribution in [2.45, 2.75) is 137 Å². The van der Waals surface area contributed by atoms with Crippen molar-refractivity contribution in [1.82, 2.24) is 5.32 Å². The lowest BCUT2D eigenvalue weighted by Crippen LogP contribution is -2.51. The first-order chi connectivity index (χ1) is 14.6. The Hall–Kier alpha value is -0.570. The first-order valence-electron chi connectivity index (χ1n) is 13.8. The van der Waals surface area contributed by atoms with Crippen LogP contribution in [0.25, 0.3) is 0 Å². The molecule has 0 rings (SSSR count). The second kappa shape index (κ2) is 21.7. The van der Waals surface area contributed by atoms with E-state index in [1.54, 1.807) is 0 Å². The molecule has 0 aliphatic carbocycles. The van der Waals surface area contributed by atoms with Crippen LogP contribution in [0.4, 0.5) is 0 Å². The van der Waals surface area contributed by atoms with Gasteiger partial charge in [-0.25, -0.2) is 0 Å². The van der Waals surface area contributed by atoms with Crippen LogP contribution < -0.4 is 5.32 Å². The molecule has 0 saturated heterocycles. The van der Waals surface area contributed by atoms with E-state index >= 15 is 0 Å². The van der Waals surface area contributed by atoms with E-state index in [4.69, 9.17) is 0 Å². The van der Waals surface area contributed by atoms with Crippen molar-refractivity contribution in [2.24, 2.45) is 0 Å². The fraction of sp³-hybridized carbons (Fsp3) is 0.963. The van der Waals surface area contributed by atoms with Crippen molar-refractivity contribution in [3.05, 3.63) is 0 Å². The Balaban J connectivity index is 4.01. The van der Waals surface area contributed by atoms with Crippen LogP contribution in [-0.4, -0.2) is 43.1 Å². The molecule has 0 aliphatic heterocycles. The molecule has 1 amide bonds. The van der Waals surface area contributed by atoms with Gasteiger partial charge in [0.15, 0.2) is 0 Å². The third-order valence-corrected chi connectivity index (χ3v) is 6.62. The fourth-order valence-corrected chi connectivity index (χ4v) is 4.42. The summed E-state index contributed by atoms with van der Waals surface area (Å²) in [5.41, 5.74) is 0.